The van der Waals surface area contributed by atoms with E-state index in [2.05, 4.69) is 0 Å². The number of anilines is 1. The summed E-state index contributed by atoms with van der Waals surface area (Å²) in [6.07, 6.45) is 7.07. The van der Waals surface area contributed by atoms with Gasteiger partial charge in [-0.1, -0.05) is 66.2 Å². The fraction of sp³-hybridized carbons (Fsp3) is 0.345. The maximum atomic E-state index is 14.4. The van der Waals surface area contributed by atoms with Crippen molar-refractivity contribution in [2.24, 2.45) is 11.8 Å². The molecule has 6 rings (SSSR count). The van der Waals surface area contributed by atoms with Gasteiger partial charge in [-0.05, 0) is 36.2 Å². The number of fused-ring (bicyclic) bond motifs is 2. The molecule has 8 nitrogen and oxygen atoms in total. The number of likely N-dealkylation sites (tertiary alicyclic amines) is 1. The lowest BCUT2D eigenvalue weighted by Gasteiger charge is -2.38. The third-order valence-electron chi connectivity index (χ3n) is 7.89. The molecule has 0 radical (unpaired) electrons. The lowest BCUT2D eigenvalue weighted by Crippen LogP contribution is -2.56. The fourth-order valence-electron chi connectivity index (χ4n) is 6.26. The average molecular weight is 535 g/mol. The molecule has 196 valence electrons. The van der Waals surface area contributed by atoms with Crippen LogP contribution < -0.4 is 4.90 Å². The normalized spacial score (nSPS) is 31.2. The van der Waals surface area contributed by atoms with Crippen molar-refractivity contribution in [1.82, 2.24) is 4.90 Å². The van der Waals surface area contributed by atoms with Crippen LogP contribution in [0.15, 0.2) is 78.9 Å². The van der Waals surface area contributed by atoms with Crippen LogP contribution in [0.1, 0.15) is 18.0 Å². The van der Waals surface area contributed by atoms with Crippen LogP contribution in [0.5, 0.6) is 0 Å². The number of hydrogen-bond donors (Lipinski definition) is 1. The number of rotatable bonds is 4. The quantitative estimate of drug-likeness (QED) is 0.478. The maximum Gasteiger partial charge on any atom is 0.312 e. The first-order valence-corrected chi connectivity index (χ1v) is 13.1. The van der Waals surface area contributed by atoms with Gasteiger partial charge in [0.25, 0.3) is 5.91 Å². The SMILES string of the molecule is O=C1OCCC=C[C@H]2O[C@]34C=CCN(c5ccc(Cl)cc5)C(=O)C3N([C@H](CO)c3ccccc3)C(=O)[C@@H]4[C@@H]12. The molecule has 4 heterocycles. The molecule has 2 aromatic rings. The van der Waals surface area contributed by atoms with Gasteiger partial charge in [-0.15, -0.1) is 0 Å². The minimum Gasteiger partial charge on any atom is -0.465 e. The van der Waals surface area contributed by atoms with E-state index in [9.17, 15) is 19.5 Å². The van der Waals surface area contributed by atoms with Gasteiger partial charge in [0.15, 0.2) is 0 Å². The van der Waals surface area contributed by atoms with E-state index in [1.165, 1.54) is 4.90 Å². The Labute approximate surface area is 225 Å². The lowest BCUT2D eigenvalue weighted by atomic mass is 9.77. The number of ether oxygens (including phenoxy) is 2. The number of amides is 2. The summed E-state index contributed by atoms with van der Waals surface area (Å²) in [5.74, 6) is -3.21. The number of carbonyl (C=O) groups excluding carboxylic acids is 3. The Balaban J connectivity index is 1.51. The maximum absolute atomic E-state index is 14.4. The molecule has 4 aliphatic rings. The molecule has 2 aromatic carbocycles. The molecule has 1 spiro atoms. The smallest absolute Gasteiger partial charge is 0.312 e. The Bertz CT molecular complexity index is 1310. The number of benzene rings is 2. The lowest BCUT2D eigenvalue weighted by molar-refractivity contribution is -0.155. The van der Waals surface area contributed by atoms with Crippen LogP contribution in [-0.2, 0) is 23.9 Å². The molecule has 6 atom stereocenters. The molecule has 9 heteroatoms. The summed E-state index contributed by atoms with van der Waals surface area (Å²) < 4.78 is 12.1. The van der Waals surface area contributed by atoms with Gasteiger partial charge in [0.2, 0.25) is 5.91 Å². The number of carbonyl (C=O) groups is 3. The predicted molar refractivity (Wildman–Crippen MR) is 139 cm³/mol. The van der Waals surface area contributed by atoms with Crippen LogP contribution in [-0.4, -0.2) is 65.3 Å². The van der Waals surface area contributed by atoms with Crippen LogP contribution >= 0.6 is 11.6 Å². The Morgan fingerprint density at radius 1 is 1.03 bits per heavy atom. The summed E-state index contributed by atoms with van der Waals surface area (Å²) >= 11 is 6.09. The predicted octanol–water partition coefficient (Wildman–Crippen LogP) is 3.06. The monoisotopic (exact) mass is 534 g/mol. The van der Waals surface area contributed by atoms with E-state index in [4.69, 9.17) is 21.1 Å². The van der Waals surface area contributed by atoms with Crippen molar-refractivity contribution in [3.05, 3.63) is 89.5 Å². The van der Waals surface area contributed by atoms with E-state index in [0.717, 1.165) is 0 Å². The van der Waals surface area contributed by atoms with E-state index in [1.807, 2.05) is 24.3 Å². The van der Waals surface area contributed by atoms with Gasteiger partial charge < -0.3 is 24.4 Å². The summed E-state index contributed by atoms with van der Waals surface area (Å²) in [4.78, 5) is 45.0. The first-order chi connectivity index (χ1) is 18.5. The highest BCUT2D eigenvalue weighted by atomic mass is 35.5. The van der Waals surface area contributed by atoms with E-state index < -0.39 is 54.1 Å². The molecule has 2 amide bonds. The minimum absolute atomic E-state index is 0.210. The third kappa shape index (κ3) is 3.78. The molecular weight excluding hydrogens is 508 g/mol. The number of nitrogens with zero attached hydrogens (tertiary/aromatic N) is 2. The number of hydrogen-bond acceptors (Lipinski definition) is 6. The van der Waals surface area contributed by atoms with Crippen LogP contribution in [0.2, 0.25) is 5.02 Å². The number of cyclic esters (lactones) is 1. The molecular formula is C29H27ClN2O6. The van der Waals surface area contributed by atoms with Crippen molar-refractivity contribution < 1.29 is 29.0 Å². The van der Waals surface area contributed by atoms with Gasteiger partial charge in [-0.2, -0.15) is 0 Å². The molecule has 2 fully saturated rings. The Hall–Kier alpha value is -3.46. The highest BCUT2D eigenvalue weighted by molar-refractivity contribution is 6.30. The molecule has 0 aliphatic carbocycles. The largest absolute Gasteiger partial charge is 0.465 e. The molecule has 0 aromatic heterocycles. The van der Waals surface area contributed by atoms with Crippen molar-refractivity contribution in [3.63, 3.8) is 0 Å². The highest BCUT2D eigenvalue weighted by Gasteiger charge is 2.72. The van der Waals surface area contributed by atoms with Crippen LogP contribution in [0.4, 0.5) is 5.69 Å². The molecule has 2 saturated heterocycles. The zero-order valence-electron chi connectivity index (χ0n) is 20.5. The van der Waals surface area contributed by atoms with Crippen molar-refractivity contribution in [2.45, 2.75) is 30.2 Å². The number of aliphatic hydroxyl groups is 1. The summed E-state index contributed by atoms with van der Waals surface area (Å²) in [5.41, 5.74) is -0.129. The van der Waals surface area contributed by atoms with Gasteiger partial charge in [0.1, 0.15) is 17.6 Å². The fourth-order valence-corrected chi connectivity index (χ4v) is 6.39. The van der Waals surface area contributed by atoms with Crippen molar-refractivity contribution in [3.8, 4) is 0 Å². The zero-order valence-corrected chi connectivity index (χ0v) is 21.2. The first kappa shape index (κ1) is 24.9. The van der Waals surface area contributed by atoms with Crippen LogP contribution in [0, 0.1) is 11.8 Å². The Kier molecular flexibility index (Phi) is 6.34. The zero-order chi connectivity index (χ0) is 26.4. The van der Waals surface area contributed by atoms with Gasteiger partial charge in [-0.25, -0.2) is 0 Å². The van der Waals surface area contributed by atoms with Gasteiger partial charge in [0.05, 0.1) is 31.3 Å². The summed E-state index contributed by atoms with van der Waals surface area (Å²) in [6, 6.07) is 14.0. The molecule has 0 saturated carbocycles. The molecule has 0 bridgehead atoms. The third-order valence-corrected chi connectivity index (χ3v) is 8.14. The second-order valence-corrected chi connectivity index (χ2v) is 10.3. The van der Waals surface area contributed by atoms with Crippen molar-refractivity contribution in [1.29, 1.82) is 0 Å². The molecule has 4 aliphatic heterocycles. The van der Waals surface area contributed by atoms with E-state index in [-0.39, 0.29) is 19.1 Å². The topological polar surface area (TPSA) is 96.4 Å². The average Bonchev–Trinajstić information content (AvgIpc) is 3.30. The van der Waals surface area contributed by atoms with E-state index >= 15 is 0 Å². The second-order valence-electron chi connectivity index (χ2n) is 9.91. The standard InChI is InChI=1S/C29H27ClN2O6/c30-19-10-12-20(13-11-19)31-15-6-14-29-24(23-22(38-29)9-4-5-16-37-28(23)36)26(34)32(25(29)27(31)35)21(17-33)18-7-2-1-3-8-18/h1-4,6-14,21-25,33H,5,15-17H2/t21-,22-,23+,24+,25?,29+/m1/s1. The summed E-state index contributed by atoms with van der Waals surface area (Å²) in [7, 11) is 0. The van der Waals surface area contributed by atoms with Gasteiger partial charge >= 0.3 is 5.97 Å². The second kappa shape index (κ2) is 9.69. The van der Waals surface area contributed by atoms with Crippen LogP contribution in [0.3, 0.4) is 0 Å². The van der Waals surface area contributed by atoms with Crippen molar-refractivity contribution >= 4 is 35.1 Å². The summed E-state index contributed by atoms with van der Waals surface area (Å²) in [5, 5.41) is 11.1. The number of esters is 1. The summed E-state index contributed by atoms with van der Waals surface area (Å²) in [6.45, 7) is 0.0367. The van der Waals surface area contributed by atoms with Gasteiger partial charge in [0, 0.05) is 17.3 Å². The number of aliphatic hydroxyl groups excluding tert-OH is 1. The molecule has 1 unspecified atom stereocenters. The first-order valence-electron chi connectivity index (χ1n) is 12.7. The molecule has 38 heavy (non-hydrogen) atoms. The van der Waals surface area contributed by atoms with Crippen molar-refractivity contribution in [2.75, 3.05) is 24.7 Å². The van der Waals surface area contributed by atoms with E-state index in [0.29, 0.717) is 22.7 Å². The van der Waals surface area contributed by atoms with E-state index in [1.54, 1.807) is 59.5 Å². The minimum atomic E-state index is -1.42. The van der Waals surface area contributed by atoms with Crippen LogP contribution in [0.25, 0.3) is 0 Å². The van der Waals surface area contributed by atoms with Gasteiger partial charge in [-0.3, -0.25) is 14.4 Å². The number of halogens is 1. The molecule has 1 N–H and O–H groups in total. The Morgan fingerprint density at radius 3 is 2.53 bits per heavy atom. The Morgan fingerprint density at radius 2 is 1.79 bits per heavy atom. The highest BCUT2D eigenvalue weighted by Crippen LogP contribution is 2.55.